The molecule has 4 N–H and O–H groups in total. The van der Waals surface area contributed by atoms with Crippen molar-refractivity contribution in [3.05, 3.63) is 41.7 Å². The molecule has 6 nitrogen and oxygen atoms in total. The number of benzene rings is 1. The highest BCUT2D eigenvalue weighted by molar-refractivity contribution is 5.95. The molecule has 3 aromatic heterocycles. The standard InChI is InChI=1S/C25H30N6/c1-15-27-24-20(12-23(26)30-25(24)28-15)22-11-19-10-16(6-7-21(19)29-22)13-31-9-8-17-4-2-3-5-18(17)14-31/h6-7,10-12,17-18,29H,2-5,8-9,13-14H2,1H3,(H3,26,27,28,30). The number of imidazole rings is 1. The highest BCUT2D eigenvalue weighted by Crippen LogP contribution is 2.37. The lowest BCUT2D eigenvalue weighted by molar-refractivity contribution is 0.0821. The second kappa shape index (κ2) is 7.38. The highest BCUT2D eigenvalue weighted by atomic mass is 15.1. The van der Waals surface area contributed by atoms with E-state index in [1.165, 1.54) is 56.1 Å². The van der Waals surface area contributed by atoms with Gasteiger partial charge in [0.25, 0.3) is 0 Å². The zero-order chi connectivity index (χ0) is 20.9. The zero-order valence-electron chi connectivity index (χ0n) is 18.1. The Morgan fingerprint density at radius 3 is 2.81 bits per heavy atom. The fourth-order valence-electron chi connectivity index (χ4n) is 5.84. The number of aryl methyl sites for hydroxylation is 1. The third-order valence-corrected chi connectivity index (χ3v) is 7.36. The summed E-state index contributed by atoms with van der Waals surface area (Å²) in [7, 11) is 0. The monoisotopic (exact) mass is 414 g/mol. The van der Waals surface area contributed by atoms with E-state index in [2.05, 4.69) is 49.1 Å². The molecule has 31 heavy (non-hydrogen) atoms. The molecule has 0 radical (unpaired) electrons. The molecule has 0 amide bonds. The summed E-state index contributed by atoms with van der Waals surface area (Å²) in [6.07, 6.45) is 7.14. The summed E-state index contributed by atoms with van der Waals surface area (Å²) in [6.45, 7) is 5.50. The molecule has 4 aromatic rings. The number of likely N-dealkylation sites (tertiary alicyclic amines) is 1. The van der Waals surface area contributed by atoms with Crippen LogP contribution in [0.2, 0.25) is 0 Å². The SMILES string of the molecule is Cc1nc2nc(N)cc(-c3cc4cc(CN5CCC6CCCCC6C5)ccc4[nH]3)c2[nH]1. The summed E-state index contributed by atoms with van der Waals surface area (Å²) in [6, 6.07) is 11.0. The van der Waals surface area contributed by atoms with E-state index in [0.29, 0.717) is 11.5 Å². The minimum atomic E-state index is 0.486. The largest absolute Gasteiger partial charge is 0.384 e. The van der Waals surface area contributed by atoms with Crippen molar-refractivity contribution in [2.24, 2.45) is 11.8 Å². The van der Waals surface area contributed by atoms with E-state index in [9.17, 15) is 0 Å². The van der Waals surface area contributed by atoms with Crippen molar-refractivity contribution in [3.63, 3.8) is 0 Å². The third-order valence-electron chi connectivity index (χ3n) is 7.36. The first kappa shape index (κ1) is 18.9. The Labute approximate surface area is 182 Å². The Bertz CT molecular complexity index is 1250. The van der Waals surface area contributed by atoms with E-state index >= 15 is 0 Å². The quantitative estimate of drug-likeness (QED) is 0.440. The van der Waals surface area contributed by atoms with Crippen LogP contribution >= 0.6 is 0 Å². The Kier molecular flexibility index (Phi) is 4.49. The van der Waals surface area contributed by atoms with Gasteiger partial charge in [-0.3, -0.25) is 4.90 Å². The normalized spacial score (nSPS) is 22.2. The Hall–Kier alpha value is -2.86. The molecule has 2 aliphatic rings. The predicted molar refractivity (Wildman–Crippen MR) is 126 cm³/mol. The Morgan fingerprint density at radius 1 is 1.03 bits per heavy atom. The topological polar surface area (TPSA) is 86.6 Å². The second-order valence-corrected chi connectivity index (χ2v) is 9.55. The van der Waals surface area contributed by atoms with E-state index in [1.807, 2.05) is 13.0 Å². The van der Waals surface area contributed by atoms with Crippen LogP contribution in [0.15, 0.2) is 30.3 Å². The van der Waals surface area contributed by atoms with Crippen LogP contribution in [0, 0.1) is 18.8 Å². The molecule has 1 aromatic carbocycles. The molecule has 4 heterocycles. The molecule has 1 saturated heterocycles. The summed E-state index contributed by atoms with van der Waals surface area (Å²) < 4.78 is 0. The molecule has 6 heteroatoms. The van der Waals surface area contributed by atoms with Crippen LogP contribution in [-0.2, 0) is 6.54 Å². The summed E-state index contributed by atoms with van der Waals surface area (Å²) in [5.74, 6) is 3.23. The lowest BCUT2D eigenvalue weighted by atomic mass is 9.75. The van der Waals surface area contributed by atoms with Crippen LogP contribution in [0.1, 0.15) is 43.5 Å². The van der Waals surface area contributed by atoms with E-state index in [0.717, 1.165) is 46.5 Å². The molecular weight excluding hydrogens is 384 g/mol. The van der Waals surface area contributed by atoms with Crippen LogP contribution in [0.4, 0.5) is 5.82 Å². The zero-order valence-corrected chi connectivity index (χ0v) is 18.1. The maximum atomic E-state index is 6.06. The number of nitrogens with two attached hydrogens (primary N) is 1. The van der Waals surface area contributed by atoms with E-state index in [1.54, 1.807) is 0 Å². The van der Waals surface area contributed by atoms with Crippen LogP contribution in [0.25, 0.3) is 33.3 Å². The molecule has 0 spiro atoms. The van der Waals surface area contributed by atoms with E-state index in [4.69, 9.17) is 5.73 Å². The summed E-state index contributed by atoms with van der Waals surface area (Å²) in [5.41, 5.74) is 12.2. The molecule has 2 atom stereocenters. The van der Waals surface area contributed by atoms with Gasteiger partial charge in [0.15, 0.2) is 5.65 Å². The van der Waals surface area contributed by atoms with E-state index in [-0.39, 0.29) is 0 Å². The number of pyridine rings is 1. The number of H-pyrrole nitrogens is 2. The van der Waals surface area contributed by atoms with Gasteiger partial charge in [0.05, 0.1) is 5.52 Å². The van der Waals surface area contributed by atoms with Crippen LogP contribution in [0.5, 0.6) is 0 Å². The van der Waals surface area contributed by atoms with Crippen molar-refractivity contribution in [2.75, 3.05) is 18.8 Å². The number of piperidine rings is 1. The van der Waals surface area contributed by atoms with Crippen LogP contribution in [0.3, 0.4) is 0 Å². The van der Waals surface area contributed by atoms with Gasteiger partial charge in [0, 0.05) is 35.2 Å². The number of fused-ring (bicyclic) bond motifs is 3. The Balaban J connectivity index is 1.28. The average Bonchev–Trinajstić information content (AvgIpc) is 3.35. The molecular formula is C25H30N6. The first-order valence-electron chi connectivity index (χ1n) is 11.6. The van der Waals surface area contributed by atoms with Crippen molar-refractivity contribution in [1.29, 1.82) is 0 Å². The number of anilines is 1. The second-order valence-electron chi connectivity index (χ2n) is 9.55. The number of hydrogen-bond acceptors (Lipinski definition) is 4. The third kappa shape index (κ3) is 3.49. The molecule has 2 unspecified atom stereocenters. The van der Waals surface area contributed by atoms with Gasteiger partial charge in [0.2, 0.25) is 0 Å². The van der Waals surface area contributed by atoms with Gasteiger partial charge >= 0.3 is 0 Å². The minimum Gasteiger partial charge on any atom is -0.384 e. The van der Waals surface area contributed by atoms with Crippen LogP contribution in [-0.4, -0.2) is 37.9 Å². The van der Waals surface area contributed by atoms with Gasteiger partial charge in [-0.1, -0.05) is 25.3 Å². The molecule has 1 aliphatic heterocycles. The minimum absolute atomic E-state index is 0.486. The van der Waals surface area contributed by atoms with E-state index < -0.39 is 0 Å². The lowest BCUT2D eigenvalue weighted by Crippen LogP contribution is -2.41. The number of hydrogen-bond donors (Lipinski definition) is 3. The molecule has 0 bridgehead atoms. The molecule has 2 fully saturated rings. The number of rotatable bonds is 3. The molecule has 1 saturated carbocycles. The van der Waals surface area contributed by atoms with Gasteiger partial charge in [-0.2, -0.15) is 0 Å². The first-order valence-corrected chi connectivity index (χ1v) is 11.6. The number of aromatic nitrogens is 4. The van der Waals surface area contributed by atoms with Gasteiger partial charge in [-0.15, -0.1) is 0 Å². The van der Waals surface area contributed by atoms with Crippen molar-refractivity contribution < 1.29 is 0 Å². The fourth-order valence-corrected chi connectivity index (χ4v) is 5.84. The molecule has 160 valence electrons. The van der Waals surface area contributed by atoms with Gasteiger partial charge in [-0.25, -0.2) is 9.97 Å². The first-order chi connectivity index (χ1) is 15.1. The predicted octanol–water partition coefficient (Wildman–Crippen LogP) is 5.01. The maximum Gasteiger partial charge on any atom is 0.180 e. The smallest absolute Gasteiger partial charge is 0.180 e. The summed E-state index contributed by atoms with van der Waals surface area (Å²) in [5, 5.41) is 1.24. The van der Waals surface area contributed by atoms with Gasteiger partial charge in [-0.05, 0) is 68.0 Å². The number of aromatic amines is 2. The molecule has 1 aliphatic carbocycles. The number of nitrogens with one attached hydrogen (secondary N) is 2. The number of nitrogens with zero attached hydrogens (tertiary/aromatic N) is 3. The lowest BCUT2D eigenvalue weighted by Gasteiger charge is -2.41. The highest BCUT2D eigenvalue weighted by Gasteiger charge is 2.30. The van der Waals surface area contributed by atoms with Crippen molar-refractivity contribution in [3.8, 4) is 11.3 Å². The Morgan fingerprint density at radius 2 is 1.90 bits per heavy atom. The van der Waals surface area contributed by atoms with Gasteiger partial charge in [0.1, 0.15) is 11.6 Å². The van der Waals surface area contributed by atoms with Crippen molar-refractivity contribution >= 4 is 27.9 Å². The van der Waals surface area contributed by atoms with Crippen LogP contribution < -0.4 is 5.73 Å². The van der Waals surface area contributed by atoms with Crippen molar-refractivity contribution in [1.82, 2.24) is 24.8 Å². The van der Waals surface area contributed by atoms with Gasteiger partial charge < -0.3 is 15.7 Å². The van der Waals surface area contributed by atoms with Crippen molar-refractivity contribution in [2.45, 2.75) is 45.6 Å². The number of nitrogen functional groups attached to an aromatic ring is 1. The summed E-state index contributed by atoms with van der Waals surface area (Å²) in [4.78, 5) is 18.4. The summed E-state index contributed by atoms with van der Waals surface area (Å²) >= 11 is 0. The maximum absolute atomic E-state index is 6.06. The average molecular weight is 415 g/mol. The fraction of sp³-hybridized carbons (Fsp3) is 0.440. The molecule has 6 rings (SSSR count).